The molecule has 1 aromatic carbocycles. The van der Waals surface area contributed by atoms with E-state index in [9.17, 15) is 9.59 Å². The van der Waals surface area contributed by atoms with Crippen molar-refractivity contribution < 1.29 is 9.59 Å². The van der Waals surface area contributed by atoms with Gasteiger partial charge in [-0.25, -0.2) is 4.98 Å². The fourth-order valence-corrected chi connectivity index (χ4v) is 5.71. The summed E-state index contributed by atoms with van der Waals surface area (Å²) in [7, 11) is 0. The number of piperidine rings is 1. The number of hydrogen-bond acceptors (Lipinski definition) is 4. The predicted molar refractivity (Wildman–Crippen MR) is 110 cm³/mol. The van der Waals surface area contributed by atoms with Crippen molar-refractivity contribution in [1.82, 2.24) is 14.9 Å². The van der Waals surface area contributed by atoms with E-state index in [1.165, 1.54) is 0 Å². The summed E-state index contributed by atoms with van der Waals surface area (Å²) in [6.07, 6.45) is 5.32. The zero-order valence-corrected chi connectivity index (χ0v) is 16.8. The lowest BCUT2D eigenvalue weighted by Crippen LogP contribution is -2.39. The molecule has 5 rings (SSSR count). The molecule has 144 valence electrons. The SMILES string of the molecule is Cc1c(C(=O)N2CCCCC2c2nc3ccccc3s2)[nH]c2c1C(=O)CCC2. The van der Waals surface area contributed by atoms with Gasteiger partial charge in [0.1, 0.15) is 10.7 Å². The molecule has 1 N–H and O–H groups in total. The van der Waals surface area contributed by atoms with Gasteiger partial charge < -0.3 is 9.88 Å². The molecule has 2 aromatic heterocycles. The number of H-pyrrole nitrogens is 1. The van der Waals surface area contributed by atoms with Crippen molar-refractivity contribution in [3.63, 3.8) is 0 Å². The van der Waals surface area contributed by atoms with Crippen LogP contribution in [0.1, 0.15) is 75.3 Å². The number of aromatic nitrogens is 2. The standard InChI is InChI=1S/C22H23N3O2S/c1-13-19-15(8-6-10-17(19)26)23-20(13)22(27)25-12-5-4-9-16(25)21-24-14-7-2-3-11-18(14)28-21/h2-3,7,11,16,23H,4-6,8-10,12H2,1H3. The zero-order chi connectivity index (χ0) is 19.3. The van der Waals surface area contributed by atoms with Gasteiger partial charge in [0, 0.05) is 24.2 Å². The summed E-state index contributed by atoms with van der Waals surface area (Å²) < 4.78 is 1.16. The van der Waals surface area contributed by atoms with E-state index < -0.39 is 0 Å². The summed E-state index contributed by atoms with van der Waals surface area (Å²) in [5.74, 6) is 0.166. The summed E-state index contributed by atoms with van der Waals surface area (Å²) in [5.41, 5.74) is 4.10. The zero-order valence-electron chi connectivity index (χ0n) is 16.0. The maximum Gasteiger partial charge on any atom is 0.271 e. The molecule has 0 bridgehead atoms. The van der Waals surface area contributed by atoms with Gasteiger partial charge in [0.05, 0.1) is 16.3 Å². The first-order valence-corrected chi connectivity index (χ1v) is 10.9. The summed E-state index contributed by atoms with van der Waals surface area (Å²) >= 11 is 1.68. The number of thiazole rings is 1. The van der Waals surface area contributed by atoms with Crippen LogP contribution in [0.15, 0.2) is 24.3 Å². The number of fused-ring (bicyclic) bond motifs is 2. The molecule has 0 spiro atoms. The molecule has 28 heavy (non-hydrogen) atoms. The van der Waals surface area contributed by atoms with Crippen LogP contribution in [-0.2, 0) is 6.42 Å². The van der Waals surface area contributed by atoms with Gasteiger partial charge in [-0.15, -0.1) is 11.3 Å². The van der Waals surface area contributed by atoms with Crippen LogP contribution in [0.5, 0.6) is 0 Å². The number of likely N-dealkylation sites (tertiary alicyclic amines) is 1. The molecule has 6 heteroatoms. The number of aryl methyl sites for hydroxylation is 1. The van der Waals surface area contributed by atoms with E-state index in [2.05, 4.69) is 11.1 Å². The average Bonchev–Trinajstić information content (AvgIpc) is 3.29. The van der Waals surface area contributed by atoms with Crippen LogP contribution in [0, 0.1) is 6.92 Å². The lowest BCUT2D eigenvalue weighted by Gasteiger charge is -2.34. The van der Waals surface area contributed by atoms with Crippen molar-refractivity contribution in [3.8, 4) is 0 Å². The Balaban J connectivity index is 1.51. The third-order valence-electron chi connectivity index (χ3n) is 6.01. The summed E-state index contributed by atoms with van der Waals surface area (Å²) in [5, 5.41) is 1.01. The Labute approximate surface area is 167 Å². The highest BCUT2D eigenvalue weighted by Crippen LogP contribution is 2.37. The highest BCUT2D eigenvalue weighted by Gasteiger charge is 2.34. The number of hydrogen-bond donors (Lipinski definition) is 1. The minimum atomic E-state index is 0.00339. The van der Waals surface area contributed by atoms with Crippen molar-refractivity contribution in [1.29, 1.82) is 0 Å². The molecule has 1 fully saturated rings. The van der Waals surface area contributed by atoms with E-state index in [4.69, 9.17) is 4.98 Å². The van der Waals surface area contributed by atoms with Gasteiger partial charge in [-0.1, -0.05) is 12.1 Å². The minimum Gasteiger partial charge on any atom is -0.354 e. The van der Waals surface area contributed by atoms with Crippen LogP contribution >= 0.6 is 11.3 Å². The predicted octanol–water partition coefficient (Wildman–Crippen LogP) is 4.82. The Morgan fingerprint density at radius 3 is 2.89 bits per heavy atom. The number of rotatable bonds is 2. The molecule has 2 aliphatic rings. The monoisotopic (exact) mass is 393 g/mol. The van der Waals surface area contributed by atoms with Gasteiger partial charge >= 0.3 is 0 Å². The van der Waals surface area contributed by atoms with E-state index in [1.807, 2.05) is 30.0 Å². The molecular formula is C22H23N3O2S. The Morgan fingerprint density at radius 1 is 1.21 bits per heavy atom. The molecule has 0 radical (unpaired) electrons. The summed E-state index contributed by atoms with van der Waals surface area (Å²) in [6.45, 7) is 2.64. The second-order valence-electron chi connectivity index (χ2n) is 7.79. The Morgan fingerprint density at radius 2 is 2.07 bits per heavy atom. The third-order valence-corrected chi connectivity index (χ3v) is 7.15. The van der Waals surface area contributed by atoms with Crippen molar-refractivity contribution in [2.75, 3.05) is 6.54 Å². The Hall–Kier alpha value is -2.47. The molecule has 3 aromatic rings. The van der Waals surface area contributed by atoms with Crippen LogP contribution in [0.3, 0.4) is 0 Å². The number of nitrogens with one attached hydrogen (secondary N) is 1. The third kappa shape index (κ3) is 2.78. The lowest BCUT2D eigenvalue weighted by molar-refractivity contribution is 0.0605. The highest BCUT2D eigenvalue weighted by molar-refractivity contribution is 7.18. The van der Waals surface area contributed by atoms with E-state index >= 15 is 0 Å². The second kappa shape index (κ2) is 6.85. The number of carbonyl (C=O) groups excluding carboxylic acids is 2. The molecule has 1 atom stereocenters. The number of nitrogens with zero attached hydrogens (tertiary/aromatic N) is 2. The first kappa shape index (κ1) is 17.6. The van der Waals surface area contributed by atoms with E-state index in [1.54, 1.807) is 11.3 Å². The number of ketones is 1. The molecule has 1 unspecified atom stereocenters. The first-order chi connectivity index (χ1) is 13.6. The van der Waals surface area contributed by atoms with E-state index in [-0.39, 0.29) is 17.7 Å². The highest BCUT2D eigenvalue weighted by atomic mass is 32.1. The fraction of sp³-hybridized carbons (Fsp3) is 0.409. The maximum atomic E-state index is 13.5. The van der Waals surface area contributed by atoms with E-state index in [0.29, 0.717) is 12.1 Å². The van der Waals surface area contributed by atoms with Gasteiger partial charge in [0.15, 0.2) is 5.78 Å². The van der Waals surface area contributed by atoms with Crippen LogP contribution in [-0.4, -0.2) is 33.1 Å². The number of aromatic amines is 1. The smallest absolute Gasteiger partial charge is 0.271 e. The van der Waals surface area contributed by atoms with Gasteiger partial charge in [0.25, 0.3) is 5.91 Å². The molecule has 0 saturated carbocycles. The molecule has 1 aliphatic heterocycles. The first-order valence-electron chi connectivity index (χ1n) is 10.0. The number of carbonyl (C=O) groups is 2. The normalized spacial score (nSPS) is 19.8. The lowest BCUT2D eigenvalue weighted by atomic mass is 9.93. The quantitative estimate of drug-likeness (QED) is 0.679. The summed E-state index contributed by atoms with van der Waals surface area (Å²) in [4.78, 5) is 35.9. The Kier molecular flexibility index (Phi) is 4.31. The molecular weight excluding hydrogens is 370 g/mol. The van der Waals surface area contributed by atoms with Crippen LogP contribution in [0.25, 0.3) is 10.2 Å². The van der Waals surface area contributed by atoms with Crippen LogP contribution < -0.4 is 0 Å². The number of para-hydroxylation sites is 1. The van der Waals surface area contributed by atoms with E-state index in [0.717, 1.165) is 70.7 Å². The topological polar surface area (TPSA) is 66.1 Å². The molecule has 3 heterocycles. The second-order valence-corrected chi connectivity index (χ2v) is 8.85. The molecule has 1 amide bonds. The van der Waals surface area contributed by atoms with Gasteiger partial charge in [-0.05, 0) is 56.7 Å². The van der Waals surface area contributed by atoms with Crippen LogP contribution in [0.2, 0.25) is 0 Å². The molecule has 1 saturated heterocycles. The number of Topliss-reactive ketones (excluding diaryl/α,β-unsaturated/α-hetero) is 1. The molecule has 5 nitrogen and oxygen atoms in total. The van der Waals surface area contributed by atoms with Crippen LogP contribution in [0.4, 0.5) is 0 Å². The average molecular weight is 394 g/mol. The molecule has 1 aliphatic carbocycles. The Bertz CT molecular complexity index is 1050. The number of benzene rings is 1. The van der Waals surface area contributed by atoms with Crippen molar-refractivity contribution in [3.05, 3.63) is 51.8 Å². The summed E-state index contributed by atoms with van der Waals surface area (Å²) in [6, 6.07) is 8.14. The van der Waals surface area contributed by atoms with Gasteiger partial charge in [-0.3, -0.25) is 9.59 Å². The largest absolute Gasteiger partial charge is 0.354 e. The van der Waals surface area contributed by atoms with Crippen molar-refractivity contribution in [2.24, 2.45) is 0 Å². The fourth-order valence-electron chi connectivity index (χ4n) is 4.60. The van der Waals surface area contributed by atoms with Gasteiger partial charge in [-0.2, -0.15) is 0 Å². The maximum absolute atomic E-state index is 13.5. The van der Waals surface area contributed by atoms with Gasteiger partial charge in [0.2, 0.25) is 0 Å². The van der Waals surface area contributed by atoms with Crippen molar-refractivity contribution in [2.45, 2.75) is 51.5 Å². The minimum absolute atomic E-state index is 0.00339. The van der Waals surface area contributed by atoms with Crippen molar-refractivity contribution >= 4 is 33.2 Å². The number of amides is 1.